The molecule has 2 aromatic heterocycles. The monoisotopic (exact) mass is 381 g/mol. The Morgan fingerprint density at radius 2 is 2.04 bits per heavy atom. The van der Waals surface area contributed by atoms with Crippen molar-refractivity contribution in [1.29, 1.82) is 0 Å². The minimum absolute atomic E-state index is 0.0757. The van der Waals surface area contributed by atoms with E-state index in [0.717, 1.165) is 0 Å². The van der Waals surface area contributed by atoms with Gasteiger partial charge in [-0.1, -0.05) is 35.3 Å². The Balaban J connectivity index is 2.25. The molecule has 1 unspecified atom stereocenters. The van der Waals surface area contributed by atoms with Gasteiger partial charge in [-0.2, -0.15) is 0 Å². The van der Waals surface area contributed by atoms with Crippen LogP contribution in [0.3, 0.4) is 0 Å². The van der Waals surface area contributed by atoms with E-state index < -0.39 is 22.9 Å². The average Bonchev–Trinajstić information content (AvgIpc) is 3.09. The van der Waals surface area contributed by atoms with Gasteiger partial charge >= 0.3 is 0 Å². The highest BCUT2D eigenvalue weighted by atomic mass is 35.5. The number of hydrogen-bond donors (Lipinski definition) is 2. The number of aromatic nitrogens is 4. The first kappa shape index (κ1) is 17.2. The van der Waals surface area contributed by atoms with E-state index in [-0.39, 0.29) is 10.7 Å². The third-order valence-electron chi connectivity index (χ3n) is 3.89. The van der Waals surface area contributed by atoms with Gasteiger partial charge in [0, 0.05) is 10.6 Å². The van der Waals surface area contributed by atoms with E-state index in [4.69, 9.17) is 23.2 Å². The number of aromatic amines is 2. The van der Waals surface area contributed by atoms with Crippen molar-refractivity contribution in [2.75, 3.05) is 6.54 Å². The van der Waals surface area contributed by atoms with E-state index in [9.17, 15) is 14.9 Å². The van der Waals surface area contributed by atoms with Crippen LogP contribution in [-0.2, 0) is 0 Å². The van der Waals surface area contributed by atoms with Crippen molar-refractivity contribution in [1.82, 2.24) is 19.7 Å². The number of hydrogen-bond acceptors (Lipinski definition) is 4. The van der Waals surface area contributed by atoms with Gasteiger partial charge in [0.2, 0.25) is 6.54 Å². The number of nitrogens with zero attached hydrogens (tertiary/aromatic N) is 3. The Morgan fingerprint density at radius 1 is 1.32 bits per heavy atom. The quantitative estimate of drug-likeness (QED) is 0.522. The van der Waals surface area contributed by atoms with E-state index >= 15 is 0 Å². The zero-order valence-corrected chi connectivity index (χ0v) is 14.5. The largest absolute Gasteiger partial charge is 0.302 e. The second-order valence-electron chi connectivity index (χ2n) is 5.43. The van der Waals surface area contributed by atoms with Crippen molar-refractivity contribution in [2.24, 2.45) is 0 Å². The lowest BCUT2D eigenvalue weighted by atomic mass is 9.96. The molecular formula is C15H13Cl2N5O3. The van der Waals surface area contributed by atoms with Gasteiger partial charge in [0.15, 0.2) is 5.15 Å². The number of imidazole rings is 1. The highest BCUT2D eigenvalue weighted by molar-refractivity contribution is 6.32. The minimum atomic E-state index is -0.892. The summed E-state index contributed by atoms with van der Waals surface area (Å²) >= 11 is 12.5. The van der Waals surface area contributed by atoms with Gasteiger partial charge in [-0.3, -0.25) is 24.6 Å². The van der Waals surface area contributed by atoms with Crippen molar-refractivity contribution < 1.29 is 4.92 Å². The molecule has 0 aliphatic carbocycles. The van der Waals surface area contributed by atoms with Gasteiger partial charge in [0.1, 0.15) is 6.33 Å². The second kappa shape index (κ2) is 6.73. The standard InChI is InChI=1S/C15H13Cl2N5O3/c1-8-12(15(23)20-19-8)9(6-22(24)25)13-14(17)18-7-21(13)11-5-3-2-4-10(11)16/h2-5,7,9H,6H2,1H3,(H2,19,20,23). The topological polar surface area (TPSA) is 110 Å². The van der Waals surface area contributed by atoms with Crippen LogP contribution in [0.15, 0.2) is 35.4 Å². The first-order chi connectivity index (χ1) is 11.9. The van der Waals surface area contributed by atoms with Gasteiger partial charge in [-0.05, 0) is 19.1 Å². The molecule has 0 spiro atoms. The Hall–Kier alpha value is -2.58. The van der Waals surface area contributed by atoms with E-state index in [1.54, 1.807) is 35.8 Å². The summed E-state index contributed by atoms with van der Waals surface area (Å²) in [7, 11) is 0. The van der Waals surface area contributed by atoms with Gasteiger partial charge in [-0.15, -0.1) is 0 Å². The number of nitrogens with one attached hydrogen (secondary N) is 2. The maximum atomic E-state index is 12.2. The van der Waals surface area contributed by atoms with Crippen LogP contribution in [0.2, 0.25) is 10.2 Å². The lowest BCUT2D eigenvalue weighted by Gasteiger charge is -2.16. The number of aryl methyl sites for hydroxylation is 1. The summed E-state index contributed by atoms with van der Waals surface area (Å²) in [5.74, 6) is -0.892. The summed E-state index contributed by atoms with van der Waals surface area (Å²) in [6, 6.07) is 6.96. The van der Waals surface area contributed by atoms with Gasteiger partial charge in [-0.25, -0.2) is 4.98 Å². The van der Waals surface area contributed by atoms with Crippen LogP contribution in [0.1, 0.15) is 22.9 Å². The smallest absolute Gasteiger partial charge is 0.268 e. The Labute approximate surface area is 151 Å². The van der Waals surface area contributed by atoms with Crippen LogP contribution < -0.4 is 5.56 Å². The minimum Gasteiger partial charge on any atom is -0.302 e. The molecule has 130 valence electrons. The number of rotatable bonds is 5. The van der Waals surface area contributed by atoms with Gasteiger partial charge < -0.3 is 5.10 Å². The second-order valence-corrected chi connectivity index (χ2v) is 6.19. The molecule has 0 amide bonds. The van der Waals surface area contributed by atoms with Crippen molar-refractivity contribution in [3.05, 3.63) is 78.2 Å². The fraction of sp³-hybridized carbons (Fsp3) is 0.200. The van der Waals surface area contributed by atoms with Crippen LogP contribution >= 0.6 is 23.2 Å². The number of para-hydroxylation sites is 1. The predicted octanol–water partition coefficient (Wildman–Crippen LogP) is 2.91. The SMILES string of the molecule is Cc1[nH][nH]c(=O)c1C(C[N+](=O)[O-])c1c(Cl)ncn1-c1ccccc1Cl. The van der Waals surface area contributed by atoms with E-state index in [0.29, 0.717) is 22.1 Å². The molecule has 0 fully saturated rings. The summed E-state index contributed by atoms with van der Waals surface area (Å²) in [6.07, 6.45) is 1.43. The Kier molecular flexibility index (Phi) is 4.65. The van der Waals surface area contributed by atoms with Crippen LogP contribution in [0.4, 0.5) is 0 Å². The molecule has 0 aliphatic heterocycles. The van der Waals surface area contributed by atoms with Crippen molar-refractivity contribution in [2.45, 2.75) is 12.8 Å². The average molecular weight is 382 g/mol. The fourth-order valence-corrected chi connectivity index (χ4v) is 3.32. The van der Waals surface area contributed by atoms with E-state index in [1.165, 1.54) is 6.33 Å². The molecule has 2 N–H and O–H groups in total. The van der Waals surface area contributed by atoms with Crippen molar-refractivity contribution in [3.8, 4) is 5.69 Å². The summed E-state index contributed by atoms with van der Waals surface area (Å²) in [6.45, 7) is 1.14. The lowest BCUT2D eigenvalue weighted by Crippen LogP contribution is -2.23. The zero-order valence-electron chi connectivity index (χ0n) is 13.0. The number of halogens is 2. The van der Waals surface area contributed by atoms with Gasteiger partial charge in [0.25, 0.3) is 5.56 Å². The zero-order chi connectivity index (χ0) is 18.1. The number of nitro groups is 1. The Bertz CT molecular complexity index is 991. The maximum Gasteiger partial charge on any atom is 0.268 e. The maximum absolute atomic E-state index is 12.2. The lowest BCUT2D eigenvalue weighted by molar-refractivity contribution is -0.482. The molecule has 0 saturated carbocycles. The first-order valence-electron chi connectivity index (χ1n) is 7.26. The summed E-state index contributed by atoms with van der Waals surface area (Å²) < 4.78 is 1.57. The molecule has 0 aliphatic rings. The van der Waals surface area contributed by atoms with E-state index in [2.05, 4.69) is 15.2 Å². The highest BCUT2D eigenvalue weighted by Crippen LogP contribution is 2.33. The number of H-pyrrole nitrogens is 2. The number of benzene rings is 1. The molecular weight excluding hydrogens is 369 g/mol. The molecule has 3 rings (SSSR count). The molecule has 8 nitrogen and oxygen atoms in total. The fourth-order valence-electron chi connectivity index (χ4n) is 2.83. The van der Waals surface area contributed by atoms with Crippen molar-refractivity contribution in [3.63, 3.8) is 0 Å². The summed E-state index contributed by atoms with van der Waals surface area (Å²) in [4.78, 5) is 27.0. The third kappa shape index (κ3) is 3.18. The molecule has 0 radical (unpaired) electrons. The molecule has 25 heavy (non-hydrogen) atoms. The molecule has 1 aromatic carbocycles. The third-order valence-corrected chi connectivity index (χ3v) is 4.50. The Morgan fingerprint density at radius 3 is 2.64 bits per heavy atom. The van der Waals surface area contributed by atoms with E-state index in [1.807, 2.05) is 0 Å². The normalized spacial score (nSPS) is 12.3. The summed E-state index contributed by atoms with van der Waals surface area (Å²) in [5, 5.41) is 16.9. The molecule has 10 heteroatoms. The first-order valence-corrected chi connectivity index (χ1v) is 8.02. The summed E-state index contributed by atoms with van der Waals surface area (Å²) in [5.41, 5.74) is 1.20. The predicted molar refractivity (Wildman–Crippen MR) is 93.4 cm³/mol. The van der Waals surface area contributed by atoms with Gasteiger partial charge in [0.05, 0.1) is 27.9 Å². The molecule has 2 heterocycles. The van der Waals surface area contributed by atoms with Crippen molar-refractivity contribution >= 4 is 23.2 Å². The van der Waals surface area contributed by atoms with Crippen LogP contribution in [0.25, 0.3) is 5.69 Å². The van der Waals surface area contributed by atoms with Crippen LogP contribution in [-0.4, -0.2) is 31.2 Å². The van der Waals surface area contributed by atoms with Crippen LogP contribution in [0, 0.1) is 17.0 Å². The molecule has 0 bridgehead atoms. The molecule has 1 atom stereocenters. The van der Waals surface area contributed by atoms with Crippen LogP contribution in [0.5, 0.6) is 0 Å². The molecule has 3 aromatic rings. The molecule has 0 saturated heterocycles. The highest BCUT2D eigenvalue weighted by Gasteiger charge is 2.32.